The van der Waals surface area contributed by atoms with Crippen molar-refractivity contribution in [2.24, 2.45) is 0 Å². The Morgan fingerprint density at radius 3 is 2.75 bits per heavy atom. The van der Waals surface area contributed by atoms with E-state index in [1.54, 1.807) is 0 Å². The molecule has 1 aliphatic rings. The lowest BCUT2D eigenvalue weighted by molar-refractivity contribution is 0.0562. The van der Waals surface area contributed by atoms with Gasteiger partial charge in [0.15, 0.2) is 0 Å². The van der Waals surface area contributed by atoms with Crippen molar-refractivity contribution in [3.8, 4) is 0 Å². The maximum absolute atomic E-state index is 12.9. The van der Waals surface area contributed by atoms with E-state index in [2.05, 4.69) is 5.32 Å². The van der Waals surface area contributed by atoms with Crippen molar-refractivity contribution in [2.75, 3.05) is 0 Å². The number of amides is 1. The van der Waals surface area contributed by atoms with Gasteiger partial charge in [-0.25, -0.2) is 4.39 Å². The van der Waals surface area contributed by atoms with E-state index in [9.17, 15) is 9.18 Å². The van der Waals surface area contributed by atoms with Gasteiger partial charge in [-0.2, -0.15) is 0 Å². The molecule has 1 amide bonds. The number of carbonyl (C=O) groups is 1. The van der Waals surface area contributed by atoms with Gasteiger partial charge in [-0.3, -0.25) is 4.79 Å². The van der Waals surface area contributed by atoms with Crippen LogP contribution >= 0.6 is 11.6 Å². The second kappa shape index (κ2) is 4.39. The van der Waals surface area contributed by atoms with E-state index in [1.807, 2.05) is 0 Å². The summed E-state index contributed by atoms with van der Waals surface area (Å²) >= 11 is 5.57. The summed E-state index contributed by atoms with van der Waals surface area (Å²) in [6.45, 7) is 0. The molecule has 0 saturated heterocycles. The van der Waals surface area contributed by atoms with E-state index in [0.29, 0.717) is 18.4 Å². The molecule has 1 aliphatic carbocycles. The maximum atomic E-state index is 12.9. The minimum Gasteiger partial charge on any atom is -0.393 e. The molecule has 1 aromatic rings. The lowest BCUT2D eigenvalue weighted by Crippen LogP contribution is -2.46. The second-order valence-corrected chi connectivity index (χ2v) is 4.33. The van der Waals surface area contributed by atoms with Gasteiger partial charge in [0.25, 0.3) is 5.91 Å². The number of aliphatic hydroxyl groups is 1. The van der Waals surface area contributed by atoms with Gasteiger partial charge >= 0.3 is 0 Å². The first-order chi connectivity index (χ1) is 7.56. The van der Waals surface area contributed by atoms with Crippen LogP contribution in [0, 0.1) is 5.82 Å². The van der Waals surface area contributed by atoms with Crippen LogP contribution in [0.1, 0.15) is 23.2 Å². The first-order valence-corrected chi connectivity index (χ1v) is 5.38. The molecule has 1 fully saturated rings. The summed E-state index contributed by atoms with van der Waals surface area (Å²) in [7, 11) is 0. The van der Waals surface area contributed by atoms with Crippen molar-refractivity contribution in [1.82, 2.24) is 5.32 Å². The fraction of sp³-hybridized carbons (Fsp3) is 0.364. The molecule has 1 saturated carbocycles. The molecule has 0 unspecified atom stereocenters. The zero-order chi connectivity index (χ0) is 11.7. The quantitative estimate of drug-likeness (QED) is 0.831. The van der Waals surface area contributed by atoms with Crippen LogP contribution < -0.4 is 5.32 Å². The van der Waals surface area contributed by atoms with Crippen LogP contribution in [0.3, 0.4) is 0 Å². The normalized spacial score (nSPS) is 23.7. The molecule has 0 aromatic heterocycles. The Balaban J connectivity index is 2.01. The van der Waals surface area contributed by atoms with E-state index in [0.717, 1.165) is 6.07 Å². The average Bonchev–Trinajstić information content (AvgIpc) is 2.19. The van der Waals surface area contributed by atoms with Crippen LogP contribution in [-0.4, -0.2) is 23.2 Å². The molecular formula is C11H11ClFNO2. The Bertz CT molecular complexity index is 418. The number of hydrogen-bond donors (Lipinski definition) is 2. The van der Waals surface area contributed by atoms with Crippen molar-refractivity contribution >= 4 is 17.5 Å². The monoisotopic (exact) mass is 243 g/mol. The Kier molecular flexibility index (Phi) is 3.12. The third-order valence-corrected chi connectivity index (χ3v) is 2.92. The number of aliphatic hydroxyl groups excluding tert-OH is 1. The van der Waals surface area contributed by atoms with Crippen molar-refractivity contribution < 1.29 is 14.3 Å². The fourth-order valence-electron chi connectivity index (χ4n) is 1.61. The standard InChI is InChI=1S/C11H11ClFNO2/c12-9-3-6(1-2-10(9)13)11(16)14-7-4-8(15)5-7/h1-3,7-8,15H,4-5H2,(H,14,16). The van der Waals surface area contributed by atoms with Crippen LogP contribution in [0.25, 0.3) is 0 Å². The van der Waals surface area contributed by atoms with E-state index in [-0.39, 0.29) is 23.1 Å². The SMILES string of the molecule is O=C(NC1CC(O)C1)c1ccc(F)c(Cl)c1. The smallest absolute Gasteiger partial charge is 0.251 e. The summed E-state index contributed by atoms with van der Waals surface area (Å²) in [5.41, 5.74) is 0.327. The molecule has 0 atom stereocenters. The number of halogens is 2. The summed E-state index contributed by atoms with van der Waals surface area (Å²) in [5.74, 6) is -0.837. The second-order valence-electron chi connectivity index (χ2n) is 3.92. The molecule has 2 rings (SSSR count). The average molecular weight is 244 g/mol. The molecule has 0 spiro atoms. The summed E-state index contributed by atoms with van der Waals surface area (Å²) in [4.78, 5) is 11.6. The molecule has 5 heteroatoms. The highest BCUT2D eigenvalue weighted by molar-refractivity contribution is 6.31. The molecule has 86 valence electrons. The van der Waals surface area contributed by atoms with Gasteiger partial charge in [0.2, 0.25) is 0 Å². The van der Waals surface area contributed by atoms with Crippen molar-refractivity contribution in [2.45, 2.75) is 25.0 Å². The number of carbonyl (C=O) groups excluding carboxylic acids is 1. The molecule has 2 N–H and O–H groups in total. The number of hydrogen-bond acceptors (Lipinski definition) is 2. The predicted octanol–water partition coefficient (Wildman–Crippen LogP) is 1.73. The van der Waals surface area contributed by atoms with Gasteiger partial charge in [0.05, 0.1) is 11.1 Å². The molecular weight excluding hydrogens is 233 g/mol. The highest BCUT2D eigenvalue weighted by Crippen LogP contribution is 2.21. The lowest BCUT2D eigenvalue weighted by atomic mass is 9.89. The van der Waals surface area contributed by atoms with E-state index in [1.165, 1.54) is 12.1 Å². The third kappa shape index (κ3) is 2.33. The van der Waals surface area contributed by atoms with Gasteiger partial charge in [0.1, 0.15) is 5.82 Å². The van der Waals surface area contributed by atoms with Crippen LogP contribution in [0.4, 0.5) is 4.39 Å². The van der Waals surface area contributed by atoms with Crippen LogP contribution in [-0.2, 0) is 0 Å². The molecule has 0 heterocycles. The summed E-state index contributed by atoms with van der Waals surface area (Å²) < 4.78 is 12.9. The van der Waals surface area contributed by atoms with Crippen molar-refractivity contribution in [1.29, 1.82) is 0 Å². The van der Waals surface area contributed by atoms with Gasteiger partial charge in [0, 0.05) is 11.6 Å². The fourth-order valence-corrected chi connectivity index (χ4v) is 1.79. The highest BCUT2D eigenvalue weighted by atomic mass is 35.5. The molecule has 0 aliphatic heterocycles. The Morgan fingerprint density at radius 1 is 1.50 bits per heavy atom. The highest BCUT2D eigenvalue weighted by Gasteiger charge is 2.28. The predicted molar refractivity (Wildman–Crippen MR) is 57.9 cm³/mol. The largest absolute Gasteiger partial charge is 0.393 e. The molecule has 3 nitrogen and oxygen atoms in total. The van der Waals surface area contributed by atoms with Crippen LogP contribution in [0.2, 0.25) is 5.02 Å². The molecule has 0 bridgehead atoms. The maximum Gasteiger partial charge on any atom is 0.251 e. The third-order valence-electron chi connectivity index (χ3n) is 2.63. The number of nitrogens with one attached hydrogen (secondary N) is 1. The van der Waals surface area contributed by atoms with Crippen molar-refractivity contribution in [3.05, 3.63) is 34.6 Å². The van der Waals surface area contributed by atoms with E-state index in [4.69, 9.17) is 16.7 Å². The lowest BCUT2D eigenvalue weighted by Gasteiger charge is -2.31. The minimum absolute atomic E-state index is 0.00586. The Morgan fingerprint density at radius 2 is 2.19 bits per heavy atom. The summed E-state index contributed by atoms with van der Waals surface area (Å²) in [5, 5.41) is 11.7. The number of benzene rings is 1. The van der Waals surface area contributed by atoms with Crippen LogP contribution in [0.5, 0.6) is 0 Å². The first kappa shape index (κ1) is 11.4. The van der Waals surface area contributed by atoms with Crippen LogP contribution in [0.15, 0.2) is 18.2 Å². The zero-order valence-electron chi connectivity index (χ0n) is 8.41. The molecule has 1 aromatic carbocycles. The topological polar surface area (TPSA) is 49.3 Å². The summed E-state index contributed by atoms with van der Waals surface area (Å²) in [6.07, 6.45) is 0.823. The first-order valence-electron chi connectivity index (χ1n) is 5.00. The Hall–Kier alpha value is -1.13. The number of rotatable bonds is 2. The van der Waals surface area contributed by atoms with Gasteiger partial charge < -0.3 is 10.4 Å². The molecule has 16 heavy (non-hydrogen) atoms. The molecule has 0 radical (unpaired) electrons. The van der Waals surface area contributed by atoms with Gasteiger partial charge in [-0.05, 0) is 31.0 Å². The Labute approximate surface area is 97.2 Å². The summed E-state index contributed by atoms with van der Waals surface area (Å²) in [6, 6.07) is 3.84. The van der Waals surface area contributed by atoms with E-state index >= 15 is 0 Å². The van der Waals surface area contributed by atoms with Gasteiger partial charge in [-0.15, -0.1) is 0 Å². The zero-order valence-corrected chi connectivity index (χ0v) is 9.17. The van der Waals surface area contributed by atoms with Crippen molar-refractivity contribution in [3.63, 3.8) is 0 Å². The van der Waals surface area contributed by atoms with E-state index < -0.39 is 5.82 Å². The minimum atomic E-state index is -0.544. The van der Waals surface area contributed by atoms with Gasteiger partial charge in [-0.1, -0.05) is 11.6 Å².